The Morgan fingerprint density at radius 2 is 1.19 bits per heavy atom. The Hall–Kier alpha value is -6.10. The molecular formula is C44H26N2OS. The van der Waals surface area contributed by atoms with Crippen LogP contribution in [0.4, 0.5) is 0 Å². The van der Waals surface area contributed by atoms with Crippen molar-refractivity contribution in [2.24, 2.45) is 0 Å². The van der Waals surface area contributed by atoms with Gasteiger partial charge in [-0.15, -0.1) is 11.3 Å². The van der Waals surface area contributed by atoms with Crippen LogP contribution in [0.5, 0.6) is 0 Å². The molecule has 0 unspecified atom stereocenters. The fraction of sp³-hybridized carbons (Fsp3) is 0. The van der Waals surface area contributed by atoms with Crippen molar-refractivity contribution < 1.29 is 4.42 Å². The van der Waals surface area contributed by atoms with Gasteiger partial charge in [-0.2, -0.15) is 0 Å². The van der Waals surface area contributed by atoms with Crippen LogP contribution >= 0.6 is 11.3 Å². The van der Waals surface area contributed by atoms with Gasteiger partial charge in [-0.05, 0) is 69.4 Å². The zero-order valence-electron chi connectivity index (χ0n) is 25.7. The minimum absolute atomic E-state index is 0.686. The Kier molecular flexibility index (Phi) is 6.05. The van der Waals surface area contributed by atoms with Gasteiger partial charge < -0.3 is 4.42 Å². The van der Waals surface area contributed by atoms with E-state index >= 15 is 0 Å². The van der Waals surface area contributed by atoms with Crippen molar-refractivity contribution in [2.45, 2.75) is 0 Å². The number of rotatable bonds is 4. The zero-order valence-corrected chi connectivity index (χ0v) is 26.5. The Bertz CT molecular complexity index is 2850. The minimum Gasteiger partial charge on any atom is -0.456 e. The van der Waals surface area contributed by atoms with Gasteiger partial charge in [0.2, 0.25) is 0 Å². The predicted molar refractivity (Wildman–Crippen MR) is 201 cm³/mol. The third kappa shape index (κ3) is 4.34. The molecule has 0 aliphatic heterocycles. The Labute approximate surface area is 280 Å². The number of nitrogens with zero attached hydrogens (tertiary/aromatic N) is 2. The summed E-state index contributed by atoms with van der Waals surface area (Å²) in [5.41, 5.74) is 10.1. The van der Waals surface area contributed by atoms with Gasteiger partial charge in [0.05, 0.1) is 15.9 Å². The summed E-state index contributed by atoms with van der Waals surface area (Å²) in [5, 5.41) is 5.63. The summed E-state index contributed by atoms with van der Waals surface area (Å²) < 4.78 is 8.82. The first-order valence-corrected chi connectivity index (χ1v) is 16.9. The highest BCUT2D eigenvalue weighted by Gasteiger charge is 2.21. The molecule has 3 heterocycles. The molecule has 0 atom stereocenters. The lowest BCUT2D eigenvalue weighted by Gasteiger charge is -2.11. The first-order valence-electron chi connectivity index (χ1n) is 16.1. The molecule has 48 heavy (non-hydrogen) atoms. The van der Waals surface area contributed by atoms with Gasteiger partial charge >= 0.3 is 0 Å². The van der Waals surface area contributed by atoms with Crippen LogP contribution < -0.4 is 0 Å². The summed E-state index contributed by atoms with van der Waals surface area (Å²) in [6.45, 7) is 0. The van der Waals surface area contributed by atoms with E-state index < -0.39 is 0 Å². The molecule has 0 amide bonds. The van der Waals surface area contributed by atoms with Gasteiger partial charge in [0.1, 0.15) is 11.2 Å². The number of hydrogen-bond donors (Lipinski definition) is 0. The molecule has 3 aromatic heterocycles. The molecule has 3 nitrogen and oxygen atoms in total. The highest BCUT2D eigenvalue weighted by molar-refractivity contribution is 7.26. The smallest absolute Gasteiger partial charge is 0.161 e. The summed E-state index contributed by atoms with van der Waals surface area (Å²) in [6, 6.07) is 55.5. The second-order valence-electron chi connectivity index (χ2n) is 12.2. The van der Waals surface area contributed by atoms with Crippen molar-refractivity contribution in [1.29, 1.82) is 0 Å². The lowest BCUT2D eigenvalue weighted by molar-refractivity contribution is 0.669. The average Bonchev–Trinajstić information content (AvgIpc) is 3.73. The third-order valence-electron chi connectivity index (χ3n) is 9.27. The number of aromatic nitrogens is 2. The zero-order chi connectivity index (χ0) is 31.6. The van der Waals surface area contributed by atoms with Crippen molar-refractivity contribution in [3.63, 3.8) is 0 Å². The number of thiophene rings is 1. The largest absolute Gasteiger partial charge is 0.456 e. The quantitative estimate of drug-likeness (QED) is 0.194. The standard InChI is InChI=1S/C44H26N2OS/c1-2-11-27(12-3-1)30-15-10-16-32(24-30)41-43-42(35-18-7-9-20-39(35)48-43)46-44(45-41)36-25-33(31-22-21-28-13-4-5-14-29(28)23-31)26-38-40(36)34-17-6-8-19-37(34)47-38/h1-26H. The Balaban J connectivity index is 1.28. The number of hydrogen-bond acceptors (Lipinski definition) is 4. The first-order chi connectivity index (χ1) is 23.8. The fourth-order valence-electron chi connectivity index (χ4n) is 6.95. The normalized spacial score (nSPS) is 11.8. The van der Waals surface area contributed by atoms with E-state index in [4.69, 9.17) is 14.4 Å². The van der Waals surface area contributed by atoms with Crippen molar-refractivity contribution in [1.82, 2.24) is 9.97 Å². The maximum absolute atomic E-state index is 6.53. The van der Waals surface area contributed by atoms with E-state index in [-0.39, 0.29) is 0 Å². The second kappa shape index (κ2) is 10.7. The average molecular weight is 631 g/mol. The van der Waals surface area contributed by atoms with E-state index in [2.05, 4.69) is 146 Å². The Morgan fingerprint density at radius 1 is 0.458 bits per heavy atom. The molecular weight excluding hydrogens is 605 g/mol. The Morgan fingerprint density at radius 3 is 2.10 bits per heavy atom. The SMILES string of the molecule is c1ccc(-c2cccc(-c3nc(-c4cc(-c5ccc6ccccc6c5)cc5oc6ccccc6c45)nc4c3sc3ccccc34)c2)cc1. The van der Waals surface area contributed by atoms with Crippen molar-refractivity contribution >= 4 is 64.4 Å². The van der Waals surface area contributed by atoms with E-state index in [1.54, 1.807) is 11.3 Å². The maximum Gasteiger partial charge on any atom is 0.161 e. The molecule has 0 saturated heterocycles. The maximum atomic E-state index is 6.53. The number of para-hydroxylation sites is 1. The van der Waals surface area contributed by atoms with Crippen molar-refractivity contribution in [3.8, 4) is 44.9 Å². The molecule has 4 heteroatoms. The lowest BCUT2D eigenvalue weighted by atomic mass is 9.96. The molecule has 7 aromatic carbocycles. The van der Waals surface area contributed by atoms with Gasteiger partial charge in [0.15, 0.2) is 5.82 Å². The monoisotopic (exact) mass is 630 g/mol. The summed E-state index contributed by atoms with van der Waals surface area (Å²) in [6.07, 6.45) is 0. The van der Waals surface area contributed by atoms with Crippen LogP contribution in [-0.4, -0.2) is 9.97 Å². The van der Waals surface area contributed by atoms with Gasteiger partial charge in [0.25, 0.3) is 0 Å². The lowest BCUT2D eigenvalue weighted by Crippen LogP contribution is -1.95. The summed E-state index contributed by atoms with van der Waals surface area (Å²) in [5.74, 6) is 0.686. The van der Waals surface area contributed by atoms with Crippen LogP contribution in [0.25, 0.3) is 97.9 Å². The van der Waals surface area contributed by atoms with Crippen molar-refractivity contribution in [3.05, 3.63) is 158 Å². The molecule has 0 radical (unpaired) electrons. The predicted octanol–water partition coefficient (Wildman–Crippen LogP) is 12.6. The van der Waals surface area contributed by atoms with E-state index in [1.165, 1.54) is 21.0 Å². The van der Waals surface area contributed by atoms with Crippen LogP contribution in [-0.2, 0) is 0 Å². The fourth-order valence-corrected chi connectivity index (χ4v) is 8.10. The number of furan rings is 1. The third-order valence-corrected chi connectivity index (χ3v) is 10.4. The van der Waals surface area contributed by atoms with Crippen LogP contribution in [0.1, 0.15) is 0 Å². The molecule has 0 saturated carbocycles. The topological polar surface area (TPSA) is 38.9 Å². The first kappa shape index (κ1) is 27.1. The highest BCUT2D eigenvalue weighted by atomic mass is 32.1. The number of benzene rings is 7. The van der Waals surface area contributed by atoms with E-state index in [1.807, 2.05) is 12.1 Å². The van der Waals surface area contributed by atoms with Crippen LogP contribution in [0.3, 0.4) is 0 Å². The van der Waals surface area contributed by atoms with Gasteiger partial charge in [-0.3, -0.25) is 0 Å². The van der Waals surface area contributed by atoms with Gasteiger partial charge in [-0.1, -0.05) is 121 Å². The molecule has 0 aliphatic carbocycles. The molecule has 0 aliphatic rings. The highest BCUT2D eigenvalue weighted by Crippen LogP contribution is 2.43. The van der Waals surface area contributed by atoms with Gasteiger partial charge in [-0.25, -0.2) is 9.97 Å². The molecule has 0 spiro atoms. The molecule has 0 fully saturated rings. The van der Waals surface area contributed by atoms with E-state index in [0.717, 1.165) is 71.1 Å². The van der Waals surface area contributed by atoms with Gasteiger partial charge in [0, 0.05) is 32.0 Å². The summed E-state index contributed by atoms with van der Waals surface area (Å²) in [7, 11) is 0. The molecule has 10 rings (SSSR count). The molecule has 224 valence electrons. The number of fused-ring (bicyclic) bond motifs is 7. The van der Waals surface area contributed by atoms with E-state index in [9.17, 15) is 0 Å². The summed E-state index contributed by atoms with van der Waals surface area (Å²) >= 11 is 1.75. The van der Waals surface area contributed by atoms with Crippen LogP contribution in [0, 0.1) is 0 Å². The minimum atomic E-state index is 0.686. The summed E-state index contributed by atoms with van der Waals surface area (Å²) in [4.78, 5) is 10.8. The molecule has 10 aromatic rings. The second-order valence-corrected chi connectivity index (χ2v) is 13.2. The van der Waals surface area contributed by atoms with Crippen molar-refractivity contribution in [2.75, 3.05) is 0 Å². The molecule has 0 N–H and O–H groups in total. The molecule has 0 bridgehead atoms. The van der Waals surface area contributed by atoms with Crippen LogP contribution in [0.2, 0.25) is 0 Å². The van der Waals surface area contributed by atoms with Crippen LogP contribution in [0.15, 0.2) is 162 Å². The van der Waals surface area contributed by atoms with E-state index in [0.29, 0.717) is 5.82 Å².